The lowest BCUT2D eigenvalue weighted by Crippen LogP contribution is -1.98. The fraction of sp³-hybridized carbons (Fsp3) is 0.107. The highest BCUT2D eigenvalue weighted by Crippen LogP contribution is 2.32. The Morgan fingerprint density at radius 1 is 1.08 bits per heavy atom. The molecule has 0 aliphatic rings. The monoisotopic (exact) mass is 546 g/mol. The maximum atomic E-state index is 12.2. The molecule has 3 aromatic carbocycles. The van der Waals surface area contributed by atoms with Crippen LogP contribution >= 0.6 is 23.4 Å². The van der Waals surface area contributed by atoms with Crippen molar-refractivity contribution >= 4 is 46.3 Å². The van der Waals surface area contributed by atoms with Gasteiger partial charge in [0.25, 0.3) is 0 Å². The molecule has 5 rings (SSSR count). The molecule has 0 amide bonds. The average molecular weight is 547 g/mol. The van der Waals surface area contributed by atoms with Gasteiger partial charge in [0.15, 0.2) is 5.82 Å². The molecule has 0 spiro atoms. The minimum absolute atomic E-state index is 0.0909. The number of nitrogens with one attached hydrogen (secondary N) is 1. The number of hydrogen-bond acceptors (Lipinski definition) is 6. The van der Waals surface area contributed by atoms with Gasteiger partial charge in [0.2, 0.25) is 5.16 Å². The number of nitrogens with zero attached hydrogens (tertiary/aromatic N) is 3. The molecule has 2 heterocycles. The number of para-hydroxylation sites is 1. The second kappa shape index (κ2) is 11.0. The number of hydrogen-bond donors (Lipinski definition) is 2. The quantitative estimate of drug-likeness (QED) is 0.164. The summed E-state index contributed by atoms with van der Waals surface area (Å²) in [6, 6.07) is 20.9. The van der Waals surface area contributed by atoms with Crippen molar-refractivity contribution in [2.24, 2.45) is 0 Å². The first-order valence-corrected chi connectivity index (χ1v) is 12.7. The third-order valence-corrected chi connectivity index (χ3v) is 7.00. The van der Waals surface area contributed by atoms with Gasteiger partial charge in [-0.25, -0.2) is 9.78 Å². The fourth-order valence-corrected chi connectivity index (χ4v) is 4.87. The van der Waals surface area contributed by atoms with Crippen molar-refractivity contribution in [1.82, 2.24) is 19.7 Å². The van der Waals surface area contributed by atoms with Crippen LogP contribution in [0.2, 0.25) is 5.02 Å². The van der Waals surface area contributed by atoms with Crippen LogP contribution in [0.4, 0.5) is 0 Å². The maximum Gasteiger partial charge on any atom is 0.342 e. The number of aliphatic carboxylic acids is 1. The standard InChI is InChI=1S/C28H23ClN4O4S/c1-36-21-11-18(12-22(14-21)37-2)26-30-28(32-31-26)38-25(27(34)35)13-19-16-33(24-6-4-3-5-23(19)24)15-17-7-9-20(29)10-8-17/h3-14,16H,15H2,1-2H3,(H,34,35)(H,30,31,32)/b25-13-. The molecule has 0 unspecified atom stereocenters. The molecule has 0 saturated heterocycles. The van der Waals surface area contributed by atoms with Crippen molar-refractivity contribution in [3.8, 4) is 22.9 Å². The van der Waals surface area contributed by atoms with E-state index in [1.807, 2.05) is 54.7 Å². The first kappa shape index (κ1) is 25.4. The van der Waals surface area contributed by atoms with E-state index in [9.17, 15) is 9.90 Å². The van der Waals surface area contributed by atoms with Crippen molar-refractivity contribution < 1.29 is 19.4 Å². The van der Waals surface area contributed by atoms with Crippen LogP contribution in [0.1, 0.15) is 11.1 Å². The second-order valence-electron chi connectivity index (χ2n) is 8.34. The summed E-state index contributed by atoms with van der Waals surface area (Å²) in [4.78, 5) is 16.8. The Labute approximate surface area is 227 Å². The largest absolute Gasteiger partial charge is 0.497 e. The lowest BCUT2D eigenvalue weighted by Gasteiger charge is -2.06. The molecule has 0 radical (unpaired) electrons. The zero-order chi connectivity index (χ0) is 26.6. The van der Waals surface area contributed by atoms with E-state index in [0.29, 0.717) is 34.5 Å². The van der Waals surface area contributed by atoms with E-state index < -0.39 is 5.97 Å². The van der Waals surface area contributed by atoms with Gasteiger partial charge in [0, 0.05) is 45.9 Å². The van der Waals surface area contributed by atoms with Crippen molar-refractivity contribution in [2.45, 2.75) is 11.7 Å². The number of methoxy groups -OCH3 is 2. The number of halogens is 1. The average Bonchev–Trinajstić information content (AvgIpc) is 3.54. The lowest BCUT2D eigenvalue weighted by molar-refractivity contribution is -0.131. The van der Waals surface area contributed by atoms with E-state index in [0.717, 1.165) is 33.8 Å². The van der Waals surface area contributed by atoms with Gasteiger partial charge < -0.3 is 19.1 Å². The number of benzene rings is 3. The predicted octanol–water partition coefficient (Wildman–Crippen LogP) is 6.36. The third-order valence-electron chi connectivity index (χ3n) is 5.87. The predicted molar refractivity (Wildman–Crippen MR) is 149 cm³/mol. The van der Waals surface area contributed by atoms with Crippen LogP contribution in [0.25, 0.3) is 28.4 Å². The van der Waals surface area contributed by atoms with Crippen molar-refractivity contribution in [3.63, 3.8) is 0 Å². The number of carboxylic acid groups (broad SMARTS) is 1. The van der Waals surface area contributed by atoms with Gasteiger partial charge in [0.05, 0.1) is 14.2 Å². The van der Waals surface area contributed by atoms with Crippen LogP contribution in [0, 0.1) is 0 Å². The third kappa shape index (κ3) is 5.53. The molecule has 0 bridgehead atoms. The van der Waals surface area contributed by atoms with E-state index in [4.69, 9.17) is 21.1 Å². The molecule has 0 atom stereocenters. The molecular weight excluding hydrogens is 524 g/mol. The van der Waals surface area contributed by atoms with Gasteiger partial charge in [-0.3, -0.25) is 5.10 Å². The summed E-state index contributed by atoms with van der Waals surface area (Å²) in [5, 5.41) is 19.0. The molecular formula is C28H23ClN4O4S. The number of rotatable bonds is 9. The van der Waals surface area contributed by atoms with Crippen LogP contribution in [0.5, 0.6) is 11.5 Å². The normalized spacial score (nSPS) is 11.6. The zero-order valence-electron chi connectivity index (χ0n) is 20.5. The van der Waals surface area contributed by atoms with Crippen LogP contribution in [-0.4, -0.2) is 45.0 Å². The van der Waals surface area contributed by atoms with Gasteiger partial charge in [-0.2, -0.15) is 0 Å². The fourth-order valence-electron chi connectivity index (χ4n) is 4.05. The number of aromatic nitrogens is 4. The molecule has 5 aromatic rings. The van der Waals surface area contributed by atoms with Crippen LogP contribution in [0.15, 0.2) is 83.0 Å². The van der Waals surface area contributed by atoms with Gasteiger partial charge in [-0.15, -0.1) is 5.10 Å². The molecule has 2 aromatic heterocycles. The van der Waals surface area contributed by atoms with E-state index in [2.05, 4.69) is 19.7 Å². The minimum Gasteiger partial charge on any atom is -0.497 e. The molecule has 0 aliphatic carbocycles. The summed E-state index contributed by atoms with van der Waals surface area (Å²) in [5.41, 5.74) is 3.57. The summed E-state index contributed by atoms with van der Waals surface area (Å²) >= 11 is 7.01. The Kier molecular flexibility index (Phi) is 7.39. The number of carboxylic acids is 1. The second-order valence-corrected chi connectivity index (χ2v) is 9.79. The number of carbonyl (C=O) groups is 1. The maximum absolute atomic E-state index is 12.2. The number of thioether (sulfide) groups is 1. The van der Waals surface area contributed by atoms with E-state index in [-0.39, 0.29) is 10.1 Å². The molecule has 192 valence electrons. The molecule has 0 saturated carbocycles. The summed E-state index contributed by atoms with van der Waals surface area (Å²) in [7, 11) is 3.13. The number of aromatic amines is 1. The summed E-state index contributed by atoms with van der Waals surface area (Å²) < 4.78 is 12.7. The Hall–Kier alpha value is -4.21. The highest BCUT2D eigenvalue weighted by atomic mass is 35.5. The Bertz CT molecular complexity index is 1620. The molecule has 8 nitrogen and oxygen atoms in total. The first-order valence-electron chi connectivity index (χ1n) is 11.5. The van der Waals surface area contributed by atoms with Crippen LogP contribution in [-0.2, 0) is 11.3 Å². The van der Waals surface area contributed by atoms with E-state index >= 15 is 0 Å². The molecule has 10 heteroatoms. The molecule has 2 N–H and O–H groups in total. The van der Waals surface area contributed by atoms with Gasteiger partial charge in [-0.05, 0) is 53.7 Å². The minimum atomic E-state index is -1.07. The molecule has 0 aliphatic heterocycles. The number of fused-ring (bicyclic) bond motifs is 1. The van der Waals surface area contributed by atoms with Crippen molar-refractivity contribution in [2.75, 3.05) is 14.2 Å². The van der Waals surface area contributed by atoms with Crippen molar-refractivity contribution in [3.05, 3.63) is 94.0 Å². The van der Waals surface area contributed by atoms with Gasteiger partial charge in [-0.1, -0.05) is 41.9 Å². The number of ether oxygens (including phenoxy) is 2. The topological polar surface area (TPSA) is 102 Å². The molecule has 38 heavy (non-hydrogen) atoms. The Morgan fingerprint density at radius 2 is 1.79 bits per heavy atom. The Balaban J connectivity index is 1.46. The van der Waals surface area contributed by atoms with Crippen molar-refractivity contribution in [1.29, 1.82) is 0 Å². The smallest absolute Gasteiger partial charge is 0.342 e. The SMILES string of the molecule is COc1cc(OC)cc(-c2nc(S/C(=C\c3cn(Cc4ccc(Cl)cc4)c4ccccc34)C(=O)O)n[nH]2)c1. The van der Waals surface area contributed by atoms with Gasteiger partial charge >= 0.3 is 5.97 Å². The summed E-state index contributed by atoms with van der Waals surface area (Å²) in [6.45, 7) is 0.620. The molecule has 0 fully saturated rings. The van der Waals surface area contributed by atoms with E-state index in [1.165, 1.54) is 0 Å². The Morgan fingerprint density at radius 3 is 2.47 bits per heavy atom. The van der Waals surface area contributed by atoms with E-state index in [1.54, 1.807) is 38.5 Å². The lowest BCUT2D eigenvalue weighted by atomic mass is 10.1. The summed E-state index contributed by atoms with van der Waals surface area (Å²) in [6.07, 6.45) is 3.60. The first-order chi connectivity index (χ1) is 18.4. The summed E-state index contributed by atoms with van der Waals surface area (Å²) in [5.74, 6) is 0.602. The van der Waals surface area contributed by atoms with Crippen LogP contribution in [0.3, 0.4) is 0 Å². The number of H-pyrrole nitrogens is 1. The van der Waals surface area contributed by atoms with Crippen LogP contribution < -0.4 is 9.47 Å². The highest BCUT2D eigenvalue weighted by Gasteiger charge is 2.17. The highest BCUT2D eigenvalue weighted by molar-refractivity contribution is 8.04. The van der Waals surface area contributed by atoms with Gasteiger partial charge in [0.1, 0.15) is 16.4 Å². The zero-order valence-corrected chi connectivity index (χ0v) is 22.1.